The number of amides is 2. The number of rotatable bonds is 11. The molecule has 34 heavy (non-hydrogen) atoms. The molecule has 0 aliphatic carbocycles. The smallest absolute Gasteiger partial charge is 0.258 e. The summed E-state index contributed by atoms with van der Waals surface area (Å²) < 4.78 is 0. The van der Waals surface area contributed by atoms with Crippen LogP contribution in [-0.2, 0) is 10.5 Å². The number of aromatic nitrogens is 2. The van der Waals surface area contributed by atoms with Gasteiger partial charge in [0.05, 0.1) is 12.1 Å². The van der Waals surface area contributed by atoms with Crippen LogP contribution in [0.15, 0.2) is 66.0 Å². The van der Waals surface area contributed by atoms with Crippen molar-refractivity contribution in [2.45, 2.75) is 17.7 Å². The number of carbonyl (C=O) groups excluding carboxylic acids is 2. The molecule has 0 aliphatic rings. The van der Waals surface area contributed by atoms with Gasteiger partial charge in [-0.05, 0) is 68.5 Å². The molecule has 0 radical (unpaired) electrons. The second-order valence-electron chi connectivity index (χ2n) is 8.05. The number of thioether (sulfide) groups is 1. The average molecular weight is 479 g/mol. The molecule has 0 fully saturated rings. The molecule has 2 amide bonds. The van der Waals surface area contributed by atoms with Crippen LogP contribution in [-0.4, -0.2) is 60.4 Å². The zero-order valence-corrected chi connectivity index (χ0v) is 20.5. The average Bonchev–Trinajstić information content (AvgIpc) is 2.81. The third-order valence-electron chi connectivity index (χ3n) is 4.78. The van der Waals surface area contributed by atoms with Crippen LogP contribution in [0.3, 0.4) is 0 Å². The van der Waals surface area contributed by atoms with Crippen molar-refractivity contribution < 1.29 is 9.59 Å². The van der Waals surface area contributed by atoms with Crippen LogP contribution in [0.5, 0.6) is 0 Å². The molecule has 3 aromatic rings. The summed E-state index contributed by atoms with van der Waals surface area (Å²) in [7, 11) is 3.97. The summed E-state index contributed by atoms with van der Waals surface area (Å²) in [5, 5.41) is 9.49. The minimum Gasteiger partial charge on any atom is -0.322 e. The van der Waals surface area contributed by atoms with Gasteiger partial charge in [-0.3, -0.25) is 9.59 Å². The zero-order valence-electron chi connectivity index (χ0n) is 19.7. The maximum atomic E-state index is 12.8. The van der Waals surface area contributed by atoms with Gasteiger partial charge in [0.15, 0.2) is 0 Å². The Kier molecular flexibility index (Phi) is 9.57. The molecule has 2 aromatic heterocycles. The number of nitrogens with zero attached hydrogens (tertiary/aromatic N) is 3. The summed E-state index contributed by atoms with van der Waals surface area (Å²) >= 11 is 1.46. The number of carbonyl (C=O) groups is 2. The van der Waals surface area contributed by atoms with E-state index in [-0.39, 0.29) is 18.4 Å². The summed E-state index contributed by atoms with van der Waals surface area (Å²) in [5.74, 6) is 0.728. The van der Waals surface area contributed by atoms with Gasteiger partial charge in [0.25, 0.3) is 5.91 Å². The molecule has 9 heteroatoms. The summed E-state index contributed by atoms with van der Waals surface area (Å²) in [6.07, 6.45) is 3.34. The van der Waals surface area contributed by atoms with Gasteiger partial charge in [0.1, 0.15) is 10.8 Å². The summed E-state index contributed by atoms with van der Waals surface area (Å²) in [5.41, 5.74) is 3.30. The lowest BCUT2D eigenvalue weighted by Gasteiger charge is -2.11. The van der Waals surface area contributed by atoms with E-state index in [4.69, 9.17) is 0 Å². The minimum atomic E-state index is -0.203. The topological polar surface area (TPSA) is 99.2 Å². The third-order valence-corrected chi connectivity index (χ3v) is 5.86. The standard InChI is InChI=1S/C25H30N6O2S/c1-18-6-4-7-20(14-18)29-24(33)21-8-5-10-28-25(21)34-17-19-9-11-27-22(15-19)30-23(32)16-26-12-13-31(2)3/h4-11,14-15,26H,12-13,16-17H2,1-3H3,(H,29,33)(H,27,30,32). The molecule has 2 heterocycles. The predicted molar refractivity (Wildman–Crippen MR) is 137 cm³/mol. The van der Waals surface area contributed by atoms with Crippen LogP contribution >= 0.6 is 11.8 Å². The van der Waals surface area contributed by atoms with Gasteiger partial charge in [-0.2, -0.15) is 0 Å². The van der Waals surface area contributed by atoms with E-state index >= 15 is 0 Å². The molecule has 0 atom stereocenters. The SMILES string of the molecule is Cc1cccc(NC(=O)c2cccnc2SCc2ccnc(NC(=O)CNCCN(C)C)c2)c1. The van der Waals surface area contributed by atoms with Gasteiger partial charge in [-0.25, -0.2) is 9.97 Å². The van der Waals surface area contributed by atoms with Gasteiger partial charge < -0.3 is 20.9 Å². The van der Waals surface area contributed by atoms with Crippen LogP contribution in [0.25, 0.3) is 0 Å². The van der Waals surface area contributed by atoms with E-state index in [9.17, 15) is 9.59 Å². The van der Waals surface area contributed by atoms with Crippen LogP contribution in [0.1, 0.15) is 21.5 Å². The van der Waals surface area contributed by atoms with Crippen molar-refractivity contribution in [3.05, 3.63) is 77.6 Å². The van der Waals surface area contributed by atoms with Gasteiger partial charge in [0, 0.05) is 36.9 Å². The monoisotopic (exact) mass is 478 g/mol. The summed E-state index contributed by atoms with van der Waals surface area (Å²) in [6, 6.07) is 14.9. The Balaban J connectivity index is 1.57. The Bertz CT molecular complexity index is 1120. The second kappa shape index (κ2) is 12.8. The number of hydrogen-bond donors (Lipinski definition) is 3. The first-order chi connectivity index (χ1) is 16.4. The van der Waals surface area contributed by atoms with E-state index in [0.717, 1.165) is 29.9 Å². The van der Waals surface area contributed by atoms with Crippen molar-refractivity contribution >= 4 is 35.1 Å². The highest BCUT2D eigenvalue weighted by Crippen LogP contribution is 2.25. The molecule has 0 spiro atoms. The molecule has 3 N–H and O–H groups in total. The molecule has 178 valence electrons. The van der Waals surface area contributed by atoms with E-state index in [1.54, 1.807) is 24.5 Å². The summed E-state index contributed by atoms with van der Waals surface area (Å²) in [4.78, 5) is 35.7. The van der Waals surface area contributed by atoms with Crippen molar-refractivity contribution in [2.24, 2.45) is 0 Å². The van der Waals surface area contributed by atoms with Gasteiger partial charge in [-0.1, -0.05) is 12.1 Å². The third kappa shape index (κ3) is 8.26. The van der Waals surface area contributed by atoms with Crippen LogP contribution in [0, 0.1) is 6.92 Å². The summed E-state index contributed by atoms with van der Waals surface area (Å²) in [6.45, 7) is 3.79. The van der Waals surface area contributed by atoms with E-state index in [1.807, 2.05) is 62.3 Å². The molecule has 3 rings (SSSR count). The van der Waals surface area contributed by atoms with E-state index in [2.05, 4.69) is 25.9 Å². The number of benzene rings is 1. The molecule has 0 saturated carbocycles. The van der Waals surface area contributed by atoms with Gasteiger partial charge in [-0.15, -0.1) is 11.8 Å². The highest BCUT2D eigenvalue weighted by Gasteiger charge is 2.14. The first-order valence-electron chi connectivity index (χ1n) is 11.0. The van der Waals surface area contributed by atoms with Crippen LogP contribution < -0.4 is 16.0 Å². The molecule has 0 unspecified atom stereocenters. The van der Waals surface area contributed by atoms with Gasteiger partial charge in [0.2, 0.25) is 5.91 Å². The Hall–Kier alpha value is -3.27. The highest BCUT2D eigenvalue weighted by atomic mass is 32.2. The fraction of sp³-hybridized carbons (Fsp3) is 0.280. The van der Waals surface area contributed by atoms with Crippen LogP contribution in [0.4, 0.5) is 11.5 Å². The van der Waals surface area contributed by atoms with Crippen LogP contribution in [0.2, 0.25) is 0 Å². The molecule has 0 bridgehead atoms. The lowest BCUT2D eigenvalue weighted by molar-refractivity contribution is -0.115. The van der Waals surface area contributed by atoms with Gasteiger partial charge >= 0.3 is 0 Å². The maximum Gasteiger partial charge on any atom is 0.258 e. The Morgan fingerprint density at radius 3 is 2.65 bits per heavy atom. The number of anilines is 2. The fourth-order valence-electron chi connectivity index (χ4n) is 3.08. The normalized spacial score (nSPS) is 10.8. The zero-order chi connectivity index (χ0) is 24.3. The maximum absolute atomic E-state index is 12.8. The first kappa shape index (κ1) is 25.4. The Morgan fingerprint density at radius 2 is 1.85 bits per heavy atom. The van der Waals surface area contributed by atoms with E-state index in [1.165, 1.54) is 11.8 Å². The number of nitrogens with one attached hydrogen (secondary N) is 3. The lowest BCUT2D eigenvalue weighted by Crippen LogP contribution is -2.33. The lowest BCUT2D eigenvalue weighted by atomic mass is 10.2. The largest absolute Gasteiger partial charge is 0.322 e. The van der Waals surface area contributed by atoms with E-state index < -0.39 is 0 Å². The van der Waals surface area contributed by atoms with Crippen molar-refractivity contribution in [1.82, 2.24) is 20.2 Å². The predicted octanol–water partition coefficient (Wildman–Crippen LogP) is 3.42. The number of hydrogen-bond acceptors (Lipinski definition) is 7. The molecule has 8 nitrogen and oxygen atoms in total. The van der Waals surface area contributed by atoms with Crippen molar-refractivity contribution in [3.63, 3.8) is 0 Å². The molecule has 0 aliphatic heterocycles. The molecule has 1 aromatic carbocycles. The van der Waals surface area contributed by atoms with Crippen molar-refractivity contribution in [3.8, 4) is 0 Å². The second-order valence-corrected chi connectivity index (χ2v) is 9.01. The fourth-order valence-corrected chi connectivity index (χ4v) is 4.01. The highest BCUT2D eigenvalue weighted by molar-refractivity contribution is 7.98. The molecular formula is C25H30N6O2S. The van der Waals surface area contributed by atoms with Crippen molar-refractivity contribution in [1.29, 1.82) is 0 Å². The first-order valence-corrected chi connectivity index (χ1v) is 12.0. The molecule has 0 saturated heterocycles. The number of aryl methyl sites for hydroxylation is 1. The Labute approximate surface area is 204 Å². The van der Waals surface area contributed by atoms with E-state index in [0.29, 0.717) is 22.2 Å². The molecular weight excluding hydrogens is 448 g/mol. The quantitative estimate of drug-likeness (QED) is 0.287. The number of pyridine rings is 2. The Morgan fingerprint density at radius 1 is 1.00 bits per heavy atom. The van der Waals surface area contributed by atoms with Crippen molar-refractivity contribution in [2.75, 3.05) is 44.4 Å². The minimum absolute atomic E-state index is 0.143. The number of likely N-dealkylation sites (N-methyl/N-ethyl adjacent to an activating group) is 1.